The molecule has 2 atom stereocenters. The number of imidazole rings is 1. The Bertz CT molecular complexity index is 1090. The summed E-state index contributed by atoms with van der Waals surface area (Å²) < 4.78 is 0. The van der Waals surface area contributed by atoms with Crippen LogP contribution in [-0.2, 0) is 17.8 Å². The number of carbonyl (C=O) groups excluding carboxylic acids is 1. The summed E-state index contributed by atoms with van der Waals surface area (Å²) in [5, 5.41) is 3.11. The highest BCUT2D eigenvalue weighted by molar-refractivity contribution is 6.01. The fourth-order valence-electron chi connectivity index (χ4n) is 5.08. The van der Waals surface area contributed by atoms with Gasteiger partial charge in [-0.1, -0.05) is 12.1 Å². The third kappa shape index (κ3) is 3.95. The van der Waals surface area contributed by atoms with E-state index in [4.69, 9.17) is 4.98 Å². The molecule has 31 heavy (non-hydrogen) atoms. The minimum atomic E-state index is -0.0568. The number of hydrogen-bond donors (Lipinski definition) is 2. The quantitative estimate of drug-likeness (QED) is 0.663. The van der Waals surface area contributed by atoms with E-state index in [9.17, 15) is 4.79 Å². The highest BCUT2D eigenvalue weighted by Gasteiger charge is 2.28. The molecule has 0 spiro atoms. The average Bonchev–Trinajstić information content (AvgIpc) is 3.39. The number of hydrogen-bond acceptors (Lipinski definition) is 5. The summed E-state index contributed by atoms with van der Waals surface area (Å²) in [4.78, 5) is 30.2. The smallest absolute Gasteiger partial charge is 0.241 e. The van der Waals surface area contributed by atoms with Crippen molar-refractivity contribution in [2.45, 2.75) is 50.7 Å². The summed E-state index contributed by atoms with van der Waals surface area (Å²) in [6.07, 6.45) is 7.26. The van der Waals surface area contributed by atoms with Gasteiger partial charge in [0.2, 0.25) is 5.91 Å². The summed E-state index contributed by atoms with van der Waals surface area (Å²) in [5.74, 6) is 0.958. The van der Waals surface area contributed by atoms with Crippen LogP contribution in [-0.4, -0.2) is 57.3 Å². The molecule has 0 radical (unpaired) electrons. The number of aromatic amines is 1. The number of carbonyl (C=O) groups is 1. The van der Waals surface area contributed by atoms with Crippen LogP contribution in [0.5, 0.6) is 0 Å². The van der Waals surface area contributed by atoms with E-state index in [0.717, 1.165) is 54.8 Å². The largest absolute Gasteiger partial charge is 0.341 e. The van der Waals surface area contributed by atoms with Crippen molar-refractivity contribution < 1.29 is 4.79 Å². The summed E-state index contributed by atoms with van der Waals surface area (Å²) in [6, 6.07) is 10.4. The number of anilines is 1. The van der Waals surface area contributed by atoms with Crippen LogP contribution in [0, 0.1) is 0 Å². The van der Waals surface area contributed by atoms with Crippen LogP contribution < -0.4 is 5.32 Å². The van der Waals surface area contributed by atoms with Gasteiger partial charge < -0.3 is 10.3 Å². The molecule has 2 aliphatic rings. The Balaban J connectivity index is 1.35. The van der Waals surface area contributed by atoms with Gasteiger partial charge >= 0.3 is 0 Å². The van der Waals surface area contributed by atoms with E-state index in [1.54, 1.807) is 0 Å². The van der Waals surface area contributed by atoms with Crippen LogP contribution >= 0.6 is 0 Å². The van der Waals surface area contributed by atoms with Crippen LogP contribution in [0.4, 0.5) is 5.69 Å². The lowest BCUT2D eigenvalue weighted by Crippen LogP contribution is -2.37. The number of fused-ring (bicyclic) bond motifs is 2. The highest BCUT2D eigenvalue weighted by atomic mass is 16.2. The van der Waals surface area contributed by atoms with E-state index in [0.29, 0.717) is 12.6 Å². The van der Waals surface area contributed by atoms with Gasteiger partial charge in [0.05, 0.1) is 35.5 Å². The van der Waals surface area contributed by atoms with Crippen LogP contribution in [0.2, 0.25) is 0 Å². The number of benzene rings is 1. The molecule has 3 aromatic rings. The summed E-state index contributed by atoms with van der Waals surface area (Å²) in [7, 11) is 4.15. The van der Waals surface area contributed by atoms with E-state index in [2.05, 4.69) is 38.2 Å². The molecule has 1 amide bonds. The van der Waals surface area contributed by atoms with Gasteiger partial charge in [-0.05, 0) is 76.5 Å². The molecule has 5 rings (SSSR count). The summed E-state index contributed by atoms with van der Waals surface area (Å²) >= 11 is 0. The predicted molar refractivity (Wildman–Crippen MR) is 122 cm³/mol. The van der Waals surface area contributed by atoms with E-state index >= 15 is 0 Å². The first-order valence-corrected chi connectivity index (χ1v) is 11.2. The van der Waals surface area contributed by atoms with E-state index in [1.165, 1.54) is 17.7 Å². The number of aromatic nitrogens is 3. The van der Waals surface area contributed by atoms with Crippen molar-refractivity contribution in [2.75, 3.05) is 26.0 Å². The van der Waals surface area contributed by atoms with Gasteiger partial charge in [0, 0.05) is 6.20 Å². The number of aryl methyl sites for hydroxylation is 1. The third-order valence-electron chi connectivity index (χ3n) is 6.74. The van der Waals surface area contributed by atoms with Gasteiger partial charge in [-0.25, -0.2) is 4.98 Å². The molecule has 1 aliphatic carbocycles. The molecule has 2 N–H and O–H groups in total. The Kier molecular flexibility index (Phi) is 5.46. The van der Waals surface area contributed by atoms with Crippen LogP contribution in [0.15, 0.2) is 36.5 Å². The van der Waals surface area contributed by atoms with E-state index in [1.807, 2.05) is 37.5 Å². The van der Waals surface area contributed by atoms with Gasteiger partial charge in [0.25, 0.3) is 0 Å². The maximum atomic E-state index is 12.8. The predicted octanol–water partition coefficient (Wildman–Crippen LogP) is 3.50. The Morgan fingerprint density at radius 1 is 1.26 bits per heavy atom. The molecule has 2 aromatic heterocycles. The molecule has 0 saturated carbocycles. The first-order valence-electron chi connectivity index (χ1n) is 11.2. The molecule has 1 aromatic carbocycles. The Morgan fingerprint density at radius 3 is 3.00 bits per heavy atom. The zero-order chi connectivity index (χ0) is 21.4. The van der Waals surface area contributed by atoms with Gasteiger partial charge in [-0.2, -0.15) is 0 Å². The first-order chi connectivity index (χ1) is 15.1. The first kappa shape index (κ1) is 20.2. The zero-order valence-electron chi connectivity index (χ0n) is 18.3. The summed E-state index contributed by atoms with van der Waals surface area (Å²) in [5.41, 5.74) is 5.10. The number of nitrogens with one attached hydrogen (secondary N) is 2. The fourth-order valence-corrected chi connectivity index (χ4v) is 5.08. The lowest BCUT2D eigenvalue weighted by atomic mass is 9.91. The minimum Gasteiger partial charge on any atom is -0.341 e. The molecule has 1 unspecified atom stereocenters. The zero-order valence-corrected chi connectivity index (χ0v) is 18.3. The van der Waals surface area contributed by atoms with Crippen molar-refractivity contribution in [3.8, 4) is 0 Å². The number of likely N-dealkylation sites (tertiary alicyclic amines) is 1. The second-order valence-electron chi connectivity index (χ2n) is 8.88. The van der Waals surface area contributed by atoms with Crippen molar-refractivity contribution in [1.82, 2.24) is 24.8 Å². The minimum absolute atomic E-state index is 0.0547. The molecular formula is C24H30N6O. The number of H-pyrrole nitrogens is 1. The average molecular weight is 419 g/mol. The standard InChI is InChI=1S/C24H30N6O/c1-29-14-6-12-20(29)24(31)27-18-10-4-9-17-23(18)28-21(26-17)15-30(2)19-11-3-7-16-8-5-13-25-22(16)19/h4-5,8-10,13,19-20H,3,6-7,11-12,14-15H2,1-2H3,(H,26,28)(H,27,31)/t19?,20-/m0/s1. The molecule has 162 valence electrons. The number of rotatable bonds is 5. The fraction of sp³-hybridized carbons (Fsp3) is 0.458. The molecule has 1 saturated heterocycles. The van der Waals surface area contributed by atoms with Gasteiger partial charge in [-0.3, -0.25) is 19.6 Å². The van der Waals surface area contributed by atoms with E-state index in [-0.39, 0.29) is 11.9 Å². The van der Waals surface area contributed by atoms with Crippen molar-refractivity contribution >= 4 is 22.6 Å². The molecular weight excluding hydrogens is 388 g/mol. The van der Waals surface area contributed by atoms with Crippen molar-refractivity contribution in [3.63, 3.8) is 0 Å². The lowest BCUT2D eigenvalue weighted by molar-refractivity contribution is -0.119. The van der Waals surface area contributed by atoms with Gasteiger partial charge in [0.1, 0.15) is 11.3 Å². The molecule has 3 heterocycles. The molecule has 0 bridgehead atoms. The third-order valence-corrected chi connectivity index (χ3v) is 6.74. The maximum Gasteiger partial charge on any atom is 0.241 e. The molecule has 1 fully saturated rings. The maximum absolute atomic E-state index is 12.8. The van der Waals surface area contributed by atoms with Gasteiger partial charge in [0.15, 0.2) is 0 Å². The highest BCUT2D eigenvalue weighted by Crippen LogP contribution is 2.33. The number of pyridine rings is 1. The Hall–Kier alpha value is -2.77. The number of para-hydroxylation sites is 1. The second-order valence-corrected chi connectivity index (χ2v) is 8.88. The van der Waals surface area contributed by atoms with Crippen molar-refractivity contribution in [3.05, 3.63) is 53.6 Å². The van der Waals surface area contributed by atoms with Gasteiger partial charge in [-0.15, -0.1) is 0 Å². The Labute approximate surface area is 182 Å². The molecule has 7 heteroatoms. The van der Waals surface area contributed by atoms with Crippen molar-refractivity contribution in [2.24, 2.45) is 0 Å². The number of amides is 1. The molecule has 1 aliphatic heterocycles. The monoisotopic (exact) mass is 418 g/mol. The number of nitrogens with zero attached hydrogens (tertiary/aromatic N) is 4. The second kappa shape index (κ2) is 8.40. The molecule has 7 nitrogen and oxygen atoms in total. The SMILES string of the molecule is CN(Cc1nc2c(NC(=O)[C@@H]3CCCN3C)cccc2[nH]1)C1CCCc2cccnc21. The van der Waals surface area contributed by atoms with Crippen LogP contribution in [0.3, 0.4) is 0 Å². The lowest BCUT2D eigenvalue weighted by Gasteiger charge is -2.31. The topological polar surface area (TPSA) is 77.2 Å². The normalized spacial score (nSPS) is 21.5. The Morgan fingerprint density at radius 2 is 2.16 bits per heavy atom. The number of likely N-dealkylation sites (N-methyl/N-ethyl adjacent to an activating group) is 1. The van der Waals surface area contributed by atoms with E-state index < -0.39 is 0 Å². The van der Waals surface area contributed by atoms with Crippen LogP contribution in [0.25, 0.3) is 11.0 Å². The van der Waals surface area contributed by atoms with Crippen LogP contribution in [0.1, 0.15) is 48.8 Å². The van der Waals surface area contributed by atoms with Crippen molar-refractivity contribution in [1.29, 1.82) is 0 Å². The summed E-state index contributed by atoms with van der Waals surface area (Å²) in [6.45, 7) is 1.68.